The number of aryl methyl sites for hydroxylation is 1. The van der Waals surface area contributed by atoms with Gasteiger partial charge in [0.25, 0.3) is 0 Å². The van der Waals surface area contributed by atoms with E-state index in [4.69, 9.17) is 0 Å². The molecule has 1 aromatic rings. The first-order chi connectivity index (χ1) is 11.6. The fourth-order valence-electron chi connectivity index (χ4n) is 3.54. The lowest BCUT2D eigenvalue weighted by Gasteiger charge is -2.35. The van der Waals surface area contributed by atoms with E-state index in [1.54, 1.807) is 0 Å². The molecule has 1 aliphatic heterocycles. The van der Waals surface area contributed by atoms with Crippen molar-refractivity contribution in [3.8, 4) is 0 Å². The van der Waals surface area contributed by atoms with Gasteiger partial charge in [-0.05, 0) is 44.2 Å². The van der Waals surface area contributed by atoms with Crippen molar-refractivity contribution in [3.63, 3.8) is 0 Å². The normalized spacial score (nSPS) is 22.6. The van der Waals surface area contributed by atoms with Crippen LogP contribution in [0.1, 0.15) is 39.3 Å². The number of piperidine rings is 1. The Kier molecular flexibility index (Phi) is 7.56. The summed E-state index contributed by atoms with van der Waals surface area (Å²) in [5, 5.41) is 10.9. The monoisotopic (exact) mass is 334 g/mol. The predicted octanol–water partition coefficient (Wildman–Crippen LogP) is 1.84. The van der Waals surface area contributed by atoms with Crippen LogP contribution < -0.4 is 10.6 Å². The van der Waals surface area contributed by atoms with Crippen LogP contribution in [-0.4, -0.2) is 53.4 Å². The molecule has 0 spiro atoms. The maximum absolute atomic E-state index is 4.65. The van der Waals surface area contributed by atoms with Gasteiger partial charge < -0.3 is 15.5 Å². The molecule has 6 nitrogen and oxygen atoms in total. The summed E-state index contributed by atoms with van der Waals surface area (Å²) >= 11 is 0. The van der Waals surface area contributed by atoms with Gasteiger partial charge in [0.15, 0.2) is 5.96 Å². The van der Waals surface area contributed by atoms with Gasteiger partial charge in [-0.15, -0.1) is 0 Å². The second-order valence-electron chi connectivity index (χ2n) is 7.13. The molecule has 1 aromatic heterocycles. The Morgan fingerprint density at radius 3 is 2.67 bits per heavy atom. The molecule has 0 amide bonds. The number of nitrogens with one attached hydrogen (secondary N) is 2. The summed E-state index contributed by atoms with van der Waals surface area (Å²) in [4.78, 5) is 7.26. The van der Waals surface area contributed by atoms with Crippen LogP contribution in [0.5, 0.6) is 0 Å². The smallest absolute Gasteiger partial charge is 0.191 e. The fraction of sp³-hybridized carbons (Fsp3) is 0.778. The highest BCUT2D eigenvalue weighted by Crippen LogP contribution is 2.20. The first-order valence-corrected chi connectivity index (χ1v) is 9.30. The summed E-state index contributed by atoms with van der Waals surface area (Å²) < 4.78 is 1.87. The minimum absolute atomic E-state index is 0.646. The first-order valence-electron chi connectivity index (χ1n) is 9.30. The van der Waals surface area contributed by atoms with Gasteiger partial charge in [-0.3, -0.25) is 4.68 Å². The Labute approximate surface area is 146 Å². The summed E-state index contributed by atoms with van der Waals surface area (Å²) in [6.45, 7) is 13.0. The maximum atomic E-state index is 4.65. The van der Waals surface area contributed by atoms with Gasteiger partial charge in [-0.25, -0.2) is 4.99 Å². The van der Waals surface area contributed by atoms with Gasteiger partial charge in [0, 0.05) is 39.4 Å². The van der Waals surface area contributed by atoms with Crippen molar-refractivity contribution in [2.45, 2.75) is 40.2 Å². The number of nitrogens with zero attached hydrogens (tertiary/aromatic N) is 4. The molecule has 2 heterocycles. The maximum Gasteiger partial charge on any atom is 0.191 e. The van der Waals surface area contributed by atoms with Crippen LogP contribution in [0.15, 0.2) is 17.3 Å². The van der Waals surface area contributed by atoms with Gasteiger partial charge in [0.05, 0.1) is 12.2 Å². The number of hydrogen-bond acceptors (Lipinski definition) is 3. The van der Waals surface area contributed by atoms with Crippen molar-refractivity contribution in [2.75, 3.05) is 32.7 Å². The molecule has 2 rings (SSSR count). The molecule has 0 aromatic carbocycles. The number of hydrogen-bond donors (Lipinski definition) is 2. The van der Waals surface area contributed by atoms with E-state index in [-0.39, 0.29) is 0 Å². The molecule has 0 saturated carbocycles. The number of guanidine groups is 1. The summed E-state index contributed by atoms with van der Waals surface area (Å²) in [6.07, 6.45) is 4.33. The standard InChI is InChI=1S/C18H34N6/c1-5-19-18(21-12-17-7-9-22-23(17)4)20-8-6-10-24-13-15(2)11-16(3)14-24/h7,9,15-16H,5-6,8,10-14H2,1-4H3,(H2,19,20,21). The minimum atomic E-state index is 0.646. The number of rotatable bonds is 7. The van der Waals surface area contributed by atoms with Crippen LogP contribution >= 0.6 is 0 Å². The van der Waals surface area contributed by atoms with E-state index in [0.717, 1.165) is 43.0 Å². The molecule has 6 heteroatoms. The summed E-state index contributed by atoms with van der Waals surface area (Å²) in [7, 11) is 1.95. The minimum Gasteiger partial charge on any atom is -0.357 e. The Morgan fingerprint density at radius 1 is 1.29 bits per heavy atom. The molecular weight excluding hydrogens is 300 g/mol. The highest BCUT2D eigenvalue weighted by atomic mass is 15.3. The lowest BCUT2D eigenvalue weighted by atomic mass is 9.92. The Bertz CT molecular complexity index is 499. The summed E-state index contributed by atoms with van der Waals surface area (Å²) in [6, 6.07) is 2.01. The molecule has 0 aliphatic carbocycles. The van der Waals surface area contributed by atoms with E-state index in [1.165, 1.54) is 26.1 Å². The largest absolute Gasteiger partial charge is 0.357 e. The second-order valence-corrected chi connectivity index (χ2v) is 7.13. The zero-order valence-corrected chi connectivity index (χ0v) is 15.8. The average Bonchev–Trinajstić information content (AvgIpc) is 2.93. The molecule has 2 unspecified atom stereocenters. The zero-order chi connectivity index (χ0) is 17.4. The Hall–Kier alpha value is -1.56. The van der Waals surface area contributed by atoms with Crippen molar-refractivity contribution in [2.24, 2.45) is 23.9 Å². The molecular formula is C18H34N6. The first kappa shape index (κ1) is 18.8. The molecule has 1 saturated heterocycles. The van der Waals surface area contributed by atoms with Crippen molar-refractivity contribution in [1.29, 1.82) is 0 Å². The van der Waals surface area contributed by atoms with Gasteiger partial charge >= 0.3 is 0 Å². The van der Waals surface area contributed by atoms with E-state index in [0.29, 0.717) is 6.54 Å². The Morgan fingerprint density at radius 2 is 2.04 bits per heavy atom. The van der Waals surface area contributed by atoms with Crippen molar-refractivity contribution < 1.29 is 0 Å². The highest BCUT2D eigenvalue weighted by molar-refractivity contribution is 5.79. The van der Waals surface area contributed by atoms with E-state index in [2.05, 4.69) is 46.4 Å². The number of aromatic nitrogens is 2. The third kappa shape index (κ3) is 6.15. The van der Waals surface area contributed by atoms with E-state index in [1.807, 2.05) is 24.0 Å². The topological polar surface area (TPSA) is 57.5 Å². The van der Waals surface area contributed by atoms with Crippen LogP contribution in [0.3, 0.4) is 0 Å². The number of aliphatic imine (C=N–C) groups is 1. The molecule has 2 N–H and O–H groups in total. The fourth-order valence-corrected chi connectivity index (χ4v) is 3.54. The van der Waals surface area contributed by atoms with Crippen LogP contribution in [-0.2, 0) is 13.6 Å². The summed E-state index contributed by atoms with van der Waals surface area (Å²) in [5.74, 6) is 2.55. The molecule has 1 fully saturated rings. The average molecular weight is 335 g/mol. The molecule has 24 heavy (non-hydrogen) atoms. The van der Waals surface area contributed by atoms with Crippen LogP contribution in [0.25, 0.3) is 0 Å². The van der Waals surface area contributed by atoms with Crippen molar-refractivity contribution >= 4 is 5.96 Å². The third-order valence-corrected chi connectivity index (χ3v) is 4.55. The van der Waals surface area contributed by atoms with E-state index in [9.17, 15) is 0 Å². The zero-order valence-electron chi connectivity index (χ0n) is 15.8. The molecule has 2 atom stereocenters. The van der Waals surface area contributed by atoms with Gasteiger partial charge in [0.1, 0.15) is 0 Å². The van der Waals surface area contributed by atoms with Crippen LogP contribution in [0, 0.1) is 11.8 Å². The molecule has 0 bridgehead atoms. The lowest BCUT2D eigenvalue weighted by Crippen LogP contribution is -2.41. The second kappa shape index (κ2) is 9.67. The number of likely N-dealkylation sites (tertiary alicyclic amines) is 1. The lowest BCUT2D eigenvalue weighted by molar-refractivity contribution is 0.140. The SMILES string of the molecule is CCNC(=NCc1ccnn1C)NCCCN1CC(C)CC(C)C1. The molecule has 0 radical (unpaired) electrons. The molecule has 1 aliphatic rings. The van der Waals surface area contributed by atoms with Crippen molar-refractivity contribution in [1.82, 2.24) is 25.3 Å². The van der Waals surface area contributed by atoms with Crippen LogP contribution in [0.2, 0.25) is 0 Å². The highest BCUT2D eigenvalue weighted by Gasteiger charge is 2.20. The van der Waals surface area contributed by atoms with Gasteiger partial charge in [-0.1, -0.05) is 13.8 Å². The van der Waals surface area contributed by atoms with Crippen molar-refractivity contribution in [3.05, 3.63) is 18.0 Å². The summed E-state index contributed by atoms with van der Waals surface area (Å²) in [5.41, 5.74) is 1.11. The van der Waals surface area contributed by atoms with Gasteiger partial charge in [-0.2, -0.15) is 5.10 Å². The molecule has 136 valence electrons. The predicted molar refractivity (Wildman–Crippen MR) is 100 cm³/mol. The quantitative estimate of drug-likeness (QED) is 0.454. The van der Waals surface area contributed by atoms with Gasteiger partial charge in [0.2, 0.25) is 0 Å². The van der Waals surface area contributed by atoms with E-state index < -0.39 is 0 Å². The van der Waals surface area contributed by atoms with Crippen LogP contribution in [0.4, 0.5) is 0 Å². The van der Waals surface area contributed by atoms with E-state index >= 15 is 0 Å². The Balaban J connectivity index is 1.72. The third-order valence-electron chi connectivity index (χ3n) is 4.55.